The first-order chi connectivity index (χ1) is 12.3. The molecule has 0 bridgehead atoms. The molecule has 2 aromatic rings. The van der Waals surface area contributed by atoms with Crippen molar-refractivity contribution in [1.29, 1.82) is 0 Å². The molecule has 0 aliphatic rings. The van der Waals surface area contributed by atoms with Crippen molar-refractivity contribution in [2.45, 2.75) is 39.2 Å². The van der Waals surface area contributed by atoms with Gasteiger partial charge in [-0.15, -0.1) is 0 Å². The number of carbonyl (C=O) groups is 2. The molecule has 0 spiro atoms. The molecule has 1 N–H and O–H groups in total. The Kier molecular flexibility index (Phi) is 6.75. The fraction of sp³-hybridized carbons (Fsp3) is 0.300. The minimum absolute atomic E-state index is 0.206. The van der Waals surface area contributed by atoms with E-state index in [0.717, 1.165) is 18.1 Å². The van der Waals surface area contributed by atoms with E-state index in [1.807, 2.05) is 18.2 Å². The van der Waals surface area contributed by atoms with Crippen LogP contribution in [0.2, 0.25) is 5.02 Å². The summed E-state index contributed by atoms with van der Waals surface area (Å²) in [5, 5.41) is 2.98. The first kappa shape index (κ1) is 19.9. The third kappa shape index (κ3) is 4.82. The molecule has 138 valence electrons. The molecule has 0 fully saturated rings. The topological polar surface area (TPSA) is 55.4 Å². The van der Waals surface area contributed by atoms with Crippen LogP contribution in [0, 0.1) is 5.82 Å². The minimum atomic E-state index is -1.09. The molecule has 0 aliphatic heterocycles. The summed E-state index contributed by atoms with van der Waals surface area (Å²) in [6.45, 7) is 5.56. The van der Waals surface area contributed by atoms with Gasteiger partial charge in [0.05, 0.1) is 5.56 Å². The van der Waals surface area contributed by atoms with Gasteiger partial charge in [0.25, 0.3) is 5.91 Å². The Hall–Kier alpha value is -2.40. The van der Waals surface area contributed by atoms with Crippen LogP contribution in [-0.4, -0.2) is 18.0 Å². The number of para-hydroxylation sites is 1. The van der Waals surface area contributed by atoms with E-state index in [2.05, 4.69) is 19.2 Å². The lowest BCUT2D eigenvalue weighted by Gasteiger charge is -2.18. The highest BCUT2D eigenvalue weighted by Crippen LogP contribution is 2.26. The Bertz CT molecular complexity index is 809. The maximum Gasteiger partial charge on any atom is 0.341 e. The number of halogens is 2. The van der Waals surface area contributed by atoms with Crippen molar-refractivity contribution in [3.63, 3.8) is 0 Å². The van der Waals surface area contributed by atoms with Crippen molar-refractivity contribution in [2.24, 2.45) is 0 Å². The van der Waals surface area contributed by atoms with Gasteiger partial charge >= 0.3 is 5.97 Å². The second-order valence-electron chi connectivity index (χ2n) is 6.06. The highest BCUT2D eigenvalue weighted by Gasteiger charge is 2.22. The number of carbonyl (C=O) groups excluding carboxylic acids is 2. The Morgan fingerprint density at radius 3 is 2.58 bits per heavy atom. The Morgan fingerprint density at radius 2 is 1.88 bits per heavy atom. The van der Waals surface area contributed by atoms with Gasteiger partial charge in [-0.1, -0.05) is 43.6 Å². The van der Waals surface area contributed by atoms with Crippen molar-refractivity contribution < 1.29 is 18.7 Å². The zero-order valence-corrected chi connectivity index (χ0v) is 15.6. The lowest BCUT2D eigenvalue weighted by molar-refractivity contribution is -0.123. The highest BCUT2D eigenvalue weighted by molar-refractivity contribution is 6.30. The van der Waals surface area contributed by atoms with Crippen LogP contribution in [0.3, 0.4) is 0 Å². The zero-order valence-electron chi connectivity index (χ0n) is 14.9. The van der Waals surface area contributed by atoms with Crippen molar-refractivity contribution in [3.8, 4) is 0 Å². The first-order valence-electron chi connectivity index (χ1n) is 8.39. The average Bonchev–Trinajstić information content (AvgIpc) is 2.63. The molecule has 2 aromatic carbocycles. The molecular formula is C20H21ClFNO3. The fourth-order valence-corrected chi connectivity index (χ4v) is 2.60. The molecule has 1 amide bonds. The first-order valence-corrected chi connectivity index (χ1v) is 8.77. The van der Waals surface area contributed by atoms with Crippen LogP contribution in [0.25, 0.3) is 0 Å². The summed E-state index contributed by atoms with van der Waals surface area (Å²) in [5.41, 5.74) is 1.36. The monoisotopic (exact) mass is 377 g/mol. The highest BCUT2D eigenvalue weighted by atomic mass is 35.5. The number of hydrogen-bond acceptors (Lipinski definition) is 3. The van der Waals surface area contributed by atoms with Crippen LogP contribution in [-0.2, 0) is 9.53 Å². The van der Waals surface area contributed by atoms with Gasteiger partial charge in [-0.2, -0.15) is 0 Å². The van der Waals surface area contributed by atoms with E-state index >= 15 is 0 Å². The van der Waals surface area contributed by atoms with Crippen molar-refractivity contribution in [3.05, 3.63) is 64.4 Å². The molecule has 6 heteroatoms. The Labute approximate surface area is 157 Å². The molecular weight excluding hydrogens is 357 g/mol. The van der Waals surface area contributed by atoms with Gasteiger partial charge in [-0.25, -0.2) is 9.18 Å². The summed E-state index contributed by atoms with van der Waals surface area (Å²) >= 11 is 5.77. The van der Waals surface area contributed by atoms with Crippen LogP contribution >= 0.6 is 11.6 Å². The third-order valence-corrected chi connectivity index (χ3v) is 4.40. The predicted molar refractivity (Wildman–Crippen MR) is 100 cm³/mol. The molecule has 0 saturated carbocycles. The largest absolute Gasteiger partial charge is 0.449 e. The van der Waals surface area contributed by atoms with Gasteiger partial charge in [0.2, 0.25) is 0 Å². The lowest BCUT2D eigenvalue weighted by atomic mass is 9.97. The molecule has 0 aliphatic carbocycles. The number of rotatable bonds is 6. The second kappa shape index (κ2) is 8.81. The van der Waals surface area contributed by atoms with Crippen LogP contribution in [0.1, 0.15) is 49.0 Å². The molecule has 0 aromatic heterocycles. The molecule has 0 unspecified atom stereocenters. The second-order valence-corrected chi connectivity index (χ2v) is 6.49. The van der Waals surface area contributed by atoms with Crippen LogP contribution < -0.4 is 5.32 Å². The minimum Gasteiger partial charge on any atom is -0.449 e. The van der Waals surface area contributed by atoms with Gasteiger partial charge in [0, 0.05) is 10.7 Å². The van der Waals surface area contributed by atoms with E-state index < -0.39 is 23.8 Å². The summed E-state index contributed by atoms with van der Waals surface area (Å²) in [7, 11) is 0. The number of nitrogens with one attached hydrogen (secondary N) is 1. The number of anilines is 1. The fourth-order valence-electron chi connectivity index (χ4n) is 2.43. The maximum absolute atomic E-state index is 13.7. The third-order valence-electron chi connectivity index (χ3n) is 4.16. The van der Waals surface area contributed by atoms with Gasteiger partial charge in [0.15, 0.2) is 6.10 Å². The van der Waals surface area contributed by atoms with E-state index in [1.165, 1.54) is 19.1 Å². The van der Waals surface area contributed by atoms with Gasteiger partial charge in [0.1, 0.15) is 5.82 Å². The van der Waals surface area contributed by atoms with Crippen LogP contribution in [0.4, 0.5) is 10.1 Å². The number of hydrogen-bond donors (Lipinski definition) is 1. The smallest absolute Gasteiger partial charge is 0.341 e. The normalized spacial score (nSPS) is 13.0. The number of esters is 1. The zero-order chi connectivity index (χ0) is 19.3. The molecule has 0 heterocycles. The summed E-state index contributed by atoms with van der Waals surface area (Å²) in [5.74, 6) is -1.92. The predicted octanol–water partition coefficient (Wildman–Crippen LogP) is 5.18. The Morgan fingerprint density at radius 1 is 1.19 bits per heavy atom. The molecule has 26 heavy (non-hydrogen) atoms. The molecule has 4 nitrogen and oxygen atoms in total. The van der Waals surface area contributed by atoms with Gasteiger partial charge < -0.3 is 10.1 Å². The van der Waals surface area contributed by atoms with E-state index in [-0.39, 0.29) is 16.5 Å². The lowest BCUT2D eigenvalue weighted by Crippen LogP contribution is -2.30. The standard InChI is InChI=1S/C20H21ClFNO3/c1-4-12(2)15-7-5-6-8-18(15)23-19(24)13(3)26-20(25)16-11-14(21)9-10-17(16)22/h5-13H,4H2,1-3H3,(H,23,24)/t12-,13-/m0/s1. The van der Waals surface area contributed by atoms with E-state index in [4.69, 9.17) is 16.3 Å². The van der Waals surface area contributed by atoms with Crippen molar-refractivity contribution in [2.75, 3.05) is 5.32 Å². The Balaban J connectivity index is 2.09. The summed E-state index contributed by atoms with van der Waals surface area (Å²) in [4.78, 5) is 24.5. The van der Waals surface area contributed by atoms with Crippen LogP contribution in [0.15, 0.2) is 42.5 Å². The quantitative estimate of drug-likeness (QED) is 0.706. The molecule has 0 radical (unpaired) electrons. The number of ether oxygens (including phenoxy) is 1. The van der Waals surface area contributed by atoms with Gasteiger partial charge in [-0.3, -0.25) is 4.79 Å². The number of benzene rings is 2. The maximum atomic E-state index is 13.7. The van der Waals surface area contributed by atoms with E-state index in [0.29, 0.717) is 5.69 Å². The molecule has 0 saturated heterocycles. The average molecular weight is 378 g/mol. The van der Waals surface area contributed by atoms with Crippen LogP contribution in [0.5, 0.6) is 0 Å². The van der Waals surface area contributed by atoms with E-state index in [1.54, 1.807) is 6.07 Å². The summed E-state index contributed by atoms with van der Waals surface area (Å²) in [6.07, 6.45) is -0.170. The number of amides is 1. The van der Waals surface area contributed by atoms with Gasteiger partial charge in [-0.05, 0) is 49.1 Å². The molecule has 2 atom stereocenters. The summed E-state index contributed by atoms with van der Waals surface area (Å²) < 4.78 is 18.8. The summed E-state index contributed by atoms with van der Waals surface area (Å²) in [6, 6.07) is 11.0. The van der Waals surface area contributed by atoms with Crippen molar-refractivity contribution >= 4 is 29.2 Å². The van der Waals surface area contributed by atoms with Crippen molar-refractivity contribution in [1.82, 2.24) is 0 Å². The van der Waals surface area contributed by atoms with E-state index in [9.17, 15) is 14.0 Å². The molecule has 2 rings (SSSR count). The SMILES string of the molecule is CC[C@H](C)c1ccccc1NC(=O)[C@H](C)OC(=O)c1cc(Cl)ccc1F.